The molecule has 0 radical (unpaired) electrons. The summed E-state index contributed by atoms with van der Waals surface area (Å²) in [6.07, 6.45) is 2.08. The molecular formula is C14H19NO3. The minimum absolute atomic E-state index is 0.127. The van der Waals surface area contributed by atoms with Crippen LogP contribution in [0.3, 0.4) is 0 Å². The minimum Gasteiger partial charge on any atom is -0.504 e. The molecule has 4 nitrogen and oxygen atoms in total. The molecule has 0 aromatic heterocycles. The lowest BCUT2D eigenvalue weighted by molar-refractivity contribution is 0.0924. The average Bonchev–Trinajstić information content (AvgIpc) is 2.64. The highest BCUT2D eigenvalue weighted by Gasteiger charge is 2.31. The number of benzene rings is 1. The van der Waals surface area contributed by atoms with Crippen LogP contribution in [-0.2, 0) is 0 Å². The molecule has 0 saturated heterocycles. The summed E-state index contributed by atoms with van der Waals surface area (Å²) >= 11 is 0. The third kappa shape index (κ3) is 2.28. The fourth-order valence-electron chi connectivity index (χ4n) is 2.53. The highest BCUT2D eigenvalue weighted by atomic mass is 16.3. The van der Waals surface area contributed by atoms with Crippen LogP contribution < -0.4 is 5.32 Å². The molecule has 18 heavy (non-hydrogen) atoms. The third-order valence-electron chi connectivity index (χ3n) is 4.04. The molecular weight excluding hydrogens is 230 g/mol. The van der Waals surface area contributed by atoms with Gasteiger partial charge in [0, 0.05) is 6.04 Å². The minimum atomic E-state index is -0.353. The van der Waals surface area contributed by atoms with Gasteiger partial charge in [0.15, 0.2) is 11.5 Å². The molecule has 2 rings (SSSR count). The summed E-state index contributed by atoms with van der Waals surface area (Å²) in [6, 6.07) is 4.55. The maximum Gasteiger partial charge on any atom is 0.255 e. The van der Waals surface area contributed by atoms with E-state index in [4.69, 9.17) is 0 Å². The smallest absolute Gasteiger partial charge is 0.255 e. The molecule has 4 heteroatoms. The van der Waals surface area contributed by atoms with E-state index in [1.165, 1.54) is 12.1 Å². The topological polar surface area (TPSA) is 69.6 Å². The van der Waals surface area contributed by atoms with Crippen LogP contribution in [0.5, 0.6) is 11.5 Å². The zero-order valence-corrected chi connectivity index (χ0v) is 10.7. The number of rotatable bonds is 2. The van der Waals surface area contributed by atoms with Crippen LogP contribution in [-0.4, -0.2) is 22.2 Å². The van der Waals surface area contributed by atoms with Gasteiger partial charge >= 0.3 is 0 Å². The number of nitrogens with one attached hydrogen (secondary N) is 1. The molecule has 3 atom stereocenters. The van der Waals surface area contributed by atoms with Crippen molar-refractivity contribution in [2.75, 3.05) is 0 Å². The Hall–Kier alpha value is -1.71. The molecule has 1 aromatic rings. The lowest BCUT2D eigenvalue weighted by Crippen LogP contribution is -2.37. The van der Waals surface area contributed by atoms with Crippen molar-refractivity contribution in [3.05, 3.63) is 23.8 Å². The lowest BCUT2D eigenvalue weighted by Gasteiger charge is -2.20. The van der Waals surface area contributed by atoms with Crippen molar-refractivity contribution in [1.29, 1.82) is 0 Å². The van der Waals surface area contributed by atoms with Crippen molar-refractivity contribution in [2.24, 2.45) is 11.8 Å². The van der Waals surface area contributed by atoms with Gasteiger partial charge in [0.2, 0.25) is 0 Å². The number of phenols is 2. The Morgan fingerprint density at radius 1 is 1.28 bits per heavy atom. The summed E-state index contributed by atoms with van der Waals surface area (Å²) in [5.41, 5.74) is 0.127. The molecule has 1 aliphatic carbocycles. The number of para-hydroxylation sites is 1. The molecule has 1 amide bonds. The van der Waals surface area contributed by atoms with Crippen LogP contribution in [0.15, 0.2) is 18.2 Å². The summed E-state index contributed by atoms with van der Waals surface area (Å²) in [5.74, 6) is 0.0972. The summed E-state index contributed by atoms with van der Waals surface area (Å²) in [7, 11) is 0. The van der Waals surface area contributed by atoms with Crippen molar-refractivity contribution in [3.8, 4) is 11.5 Å². The van der Waals surface area contributed by atoms with E-state index < -0.39 is 0 Å². The van der Waals surface area contributed by atoms with E-state index in [2.05, 4.69) is 19.2 Å². The number of phenolic OH excluding ortho intramolecular Hbond substituents is 2. The van der Waals surface area contributed by atoms with Gasteiger partial charge in [-0.25, -0.2) is 0 Å². The lowest BCUT2D eigenvalue weighted by atomic mass is 9.97. The van der Waals surface area contributed by atoms with Gasteiger partial charge in [-0.15, -0.1) is 0 Å². The monoisotopic (exact) mass is 249 g/mol. The van der Waals surface area contributed by atoms with Crippen molar-refractivity contribution < 1.29 is 15.0 Å². The van der Waals surface area contributed by atoms with E-state index in [1.807, 2.05) is 0 Å². The molecule has 98 valence electrons. The van der Waals surface area contributed by atoms with Gasteiger partial charge in [-0.2, -0.15) is 0 Å². The van der Waals surface area contributed by atoms with E-state index in [9.17, 15) is 15.0 Å². The summed E-state index contributed by atoms with van der Waals surface area (Å²) < 4.78 is 0. The summed E-state index contributed by atoms with van der Waals surface area (Å²) in [6.45, 7) is 4.31. The third-order valence-corrected chi connectivity index (χ3v) is 4.04. The van der Waals surface area contributed by atoms with Crippen molar-refractivity contribution >= 4 is 5.91 Å². The molecule has 0 bridgehead atoms. The van der Waals surface area contributed by atoms with Gasteiger partial charge in [-0.3, -0.25) is 4.79 Å². The fraction of sp³-hybridized carbons (Fsp3) is 0.500. The Morgan fingerprint density at radius 3 is 2.61 bits per heavy atom. The maximum absolute atomic E-state index is 12.0. The van der Waals surface area contributed by atoms with Crippen LogP contribution in [0.1, 0.15) is 37.0 Å². The highest BCUT2D eigenvalue weighted by molar-refractivity contribution is 5.97. The first-order valence-corrected chi connectivity index (χ1v) is 6.32. The quantitative estimate of drug-likeness (QED) is 0.704. The molecule has 1 aliphatic rings. The Kier molecular flexibility index (Phi) is 3.45. The Morgan fingerprint density at radius 2 is 2.00 bits per heavy atom. The number of hydrogen-bond donors (Lipinski definition) is 3. The van der Waals surface area contributed by atoms with Crippen LogP contribution in [0.2, 0.25) is 0 Å². The van der Waals surface area contributed by atoms with Gasteiger partial charge < -0.3 is 15.5 Å². The van der Waals surface area contributed by atoms with Crippen molar-refractivity contribution in [2.45, 2.75) is 32.7 Å². The number of aromatic hydroxyl groups is 2. The van der Waals surface area contributed by atoms with Crippen LogP contribution in [0, 0.1) is 11.8 Å². The second kappa shape index (κ2) is 4.88. The molecule has 3 unspecified atom stereocenters. The van der Waals surface area contributed by atoms with Gasteiger partial charge in [0.25, 0.3) is 5.91 Å². The van der Waals surface area contributed by atoms with E-state index in [1.54, 1.807) is 6.07 Å². The summed E-state index contributed by atoms with van der Waals surface area (Å²) in [4.78, 5) is 12.0. The van der Waals surface area contributed by atoms with E-state index in [-0.39, 0.29) is 29.0 Å². The zero-order valence-electron chi connectivity index (χ0n) is 10.7. The first kappa shape index (κ1) is 12.7. The van der Waals surface area contributed by atoms with Crippen LogP contribution in [0.25, 0.3) is 0 Å². The van der Waals surface area contributed by atoms with E-state index in [0.717, 1.165) is 12.8 Å². The molecule has 3 N–H and O–H groups in total. The Labute approximate surface area is 107 Å². The van der Waals surface area contributed by atoms with Crippen molar-refractivity contribution in [3.63, 3.8) is 0 Å². The first-order chi connectivity index (χ1) is 8.50. The van der Waals surface area contributed by atoms with Crippen LogP contribution >= 0.6 is 0 Å². The van der Waals surface area contributed by atoms with Crippen molar-refractivity contribution in [1.82, 2.24) is 5.32 Å². The molecule has 0 aliphatic heterocycles. The van der Waals surface area contributed by atoms with Gasteiger partial charge in [-0.05, 0) is 36.8 Å². The van der Waals surface area contributed by atoms with Gasteiger partial charge in [-0.1, -0.05) is 19.9 Å². The molecule has 1 aromatic carbocycles. The Balaban J connectivity index is 2.11. The molecule has 0 spiro atoms. The first-order valence-electron chi connectivity index (χ1n) is 6.32. The van der Waals surface area contributed by atoms with E-state index in [0.29, 0.717) is 11.8 Å². The maximum atomic E-state index is 12.0. The number of amides is 1. The Bertz CT molecular complexity index is 458. The second-order valence-corrected chi connectivity index (χ2v) is 5.17. The van der Waals surface area contributed by atoms with E-state index >= 15 is 0 Å². The van der Waals surface area contributed by atoms with Gasteiger partial charge in [0.05, 0.1) is 5.56 Å². The van der Waals surface area contributed by atoms with Gasteiger partial charge in [0.1, 0.15) is 0 Å². The largest absolute Gasteiger partial charge is 0.504 e. The van der Waals surface area contributed by atoms with Crippen LogP contribution in [0.4, 0.5) is 0 Å². The average molecular weight is 249 g/mol. The second-order valence-electron chi connectivity index (χ2n) is 5.17. The number of carbonyl (C=O) groups is 1. The SMILES string of the molecule is CC1CCC(NC(=O)c2cccc(O)c2O)C1C. The number of carbonyl (C=O) groups excluding carboxylic acids is 1. The summed E-state index contributed by atoms with van der Waals surface area (Å²) in [5, 5.41) is 22.0. The molecule has 1 saturated carbocycles. The molecule has 0 heterocycles. The zero-order chi connectivity index (χ0) is 13.3. The highest BCUT2D eigenvalue weighted by Crippen LogP contribution is 2.32. The predicted molar refractivity (Wildman–Crippen MR) is 68.6 cm³/mol. The molecule has 1 fully saturated rings. The standard InChI is InChI=1S/C14H19NO3/c1-8-6-7-11(9(8)2)15-14(18)10-4-3-5-12(16)13(10)17/h3-5,8-9,11,16-17H,6-7H2,1-2H3,(H,15,18). The normalized spacial score (nSPS) is 27.1. The fourth-order valence-corrected chi connectivity index (χ4v) is 2.53. The predicted octanol–water partition coefficient (Wildman–Crippen LogP) is 2.26. The number of hydrogen-bond acceptors (Lipinski definition) is 3.